The zero-order chi connectivity index (χ0) is 14.5. The Hall–Kier alpha value is -1.33. The first-order valence-corrected chi connectivity index (χ1v) is 6.43. The average molecular weight is 289 g/mol. The van der Waals surface area contributed by atoms with Gasteiger partial charge in [0.25, 0.3) is 0 Å². The summed E-state index contributed by atoms with van der Waals surface area (Å²) in [4.78, 5) is 11.8. The van der Waals surface area contributed by atoms with Crippen LogP contribution < -0.4 is 10.6 Å². The summed E-state index contributed by atoms with van der Waals surface area (Å²) in [7, 11) is 0. The highest BCUT2D eigenvalue weighted by molar-refractivity contribution is 6.33. The molecule has 0 spiro atoms. The van der Waals surface area contributed by atoms with Crippen LogP contribution in [-0.2, 0) is 0 Å². The van der Waals surface area contributed by atoms with Gasteiger partial charge in [-0.15, -0.1) is 0 Å². The molecule has 106 valence electrons. The van der Waals surface area contributed by atoms with Gasteiger partial charge in [-0.1, -0.05) is 18.5 Å². The minimum atomic E-state index is -0.515. The highest BCUT2D eigenvalue weighted by Gasteiger charge is 2.23. The second-order valence-corrected chi connectivity index (χ2v) is 5.00. The van der Waals surface area contributed by atoms with Crippen molar-refractivity contribution in [2.24, 2.45) is 0 Å². The molecule has 0 aliphatic carbocycles. The van der Waals surface area contributed by atoms with Crippen LogP contribution in [0.4, 0.5) is 14.9 Å². The number of rotatable bonds is 5. The minimum Gasteiger partial charge on any atom is -0.396 e. The summed E-state index contributed by atoms with van der Waals surface area (Å²) in [5, 5.41) is 14.5. The van der Waals surface area contributed by atoms with Gasteiger partial charge in [0.2, 0.25) is 0 Å². The van der Waals surface area contributed by atoms with Crippen molar-refractivity contribution in [2.75, 3.05) is 11.9 Å². The molecule has 1 atom stereocenters. The number of carbonyl (C=O) groups excluding carboxylic acids is 1. The monoisotopic (exact) mass is 288 g/mol. The Balaban J connectivity index is 2.72. The van der Waals surface area contributed by atoms with Crippen LogP contribution in [0.1, 0.15) is 26.7 Å². The van der Waals surface area contributed by atoms with Crippen LogP contribution in [0.5, 0.6) is 0 Å². The second kappa shape index (κ2) is 6.73. The van der Waals surface area contributed by atoms with Gasteiger partial charge in [-0.05, 0) is 38.0 Å². The van der Waals surface area contributed by atoms with Gasteiger partial charge >= 0.3 is 6.03 Å². The van der Waals surface area contributed by atoms with Crippen molar-refractivity contribution in [3.63, 3.8) is 0 Å². The molecular weight excluding hydrogens is 271 g/mol. The van der Waals surface area contributed by atoms with Crippen molar-refractivity contribution in [3.05, 3.63) is 29.0 Å². The average Bonchev–Trinajstić information content (AvgIpc) is 2.34. The van der Waals surface area contributed by atoms with E-state index in [-0.39, 0.29) is 17.3 Å². The van der Waals surface area contributed by atoms with E-state index in [9.17, 15) is 9.18 Å². The highest BCUT2D eigenvalue weighted by Crippen LogP contribution is 2.22. The molecule has 0 aliphatic rings. The smallest absolute Gasteiger partial charge is 0.319 e. The molecule has 1 rings (SSSR count). The third-order valence-corrected chi connectivity index (χ3v) is 3.37. The van der Waals surface area contributed by atoms with Crippen LogP contribution in [0.15, 0.2) is 18.2 Å². The van der Waals surface area contributed by atoms with E-state index in [0.717, 1.165) is 6.07 Å². The number of aliphatic hydroxyl groups excluding tert-OH is 1. The first-order chi connectivity index (χ1) is 8.90. The molecule has 19 heavy (non-hydrogen) atoms. The van der Waals surface area contributed by atoms with Crippen LogP contribution in [0.2, 0.25) is 5.02 Å². The zero-order valence-electron chi connectivity index (χ0n) is 11.0. The van der Waals surface area contributed by atoms with E-state index in [1.807, 2.05) is 13.8 Å². The van der Waals surface area contributed by atoms with Crippen molar-refractivity contribution in [2.45, 2.75) is 32.2 Å². The summed E-state index contributed by atoms with van der Waals surface area (Å²) < 4.78 is 13.1. The topological polar surface area (TPSA) is 61.4 Å². The number of aliphatic hydroxyl groups is 1. The first-order valence-electron chi connectivity index (χ1n) is 6.05. The fraction of sp³-hybridized carbons (Fsp3) is 0.462. The van der Waals surface area contributed by atoms with Gasteiger partial charge < -0.3 is 15.7 Å². The fourth-order valence-corrected chi connectivity index (χ4v) is 1.76. The summed E-state index contributed by atoms with van der Waals surface area (Å²) >= 11 is 5.86. The number of carbonyl (C=O) groups is 1. The maximum absolute atomic E-state index is 13.1. The SMILES string of the molecule is CCC(C)(CCO)NC(=O)Nc1cc(F)ccc1Cl. The highest BCUT2D eigenvalue weighted by atomic mass is 35.5. The molecule has 3 N–H and O–H groups in total. The van der Waals surface area contributed by atoms with Crippen LogP contribution in [0, 0.1) is 5.82 Å². The number of benzene rings is 1. The Bertz CT molecular complexity index is 456. The molecule has 0 bridgehead atoms. The number of nitrogens with one attached hydrogen (secondary N) is 2. The zero-order valence-corrected chi connectivity index (χ0v) is 11.7. The lowest BCUT2D eigenvalue weighted by Crippen LogP contribution is -2.48. The summed E-state index contributed by atoms with van der Waals surface area (Å²) in [6.45, 7) is 3.71. The Kier molecular flexibility index (Phi) is 5.57. The lowest BCUT2D eigenvalue weighted by Gasteiger charge is -2.29. The van der Waals surface area contributed by atoms with Crippen molar-refractivity contribution in [3.8, 4) is 0 Å². The predicted octanol–water partition coefficient (Wildman–Crippen LogP) is 3.15. The van der Waals surface area contributed by atoms with Gasteiger partial charge in [-0.3, -0.25) is 0 Å². The van der Waals surface area contributed by atoms with Gasteiger partial charge in [-0.25, -0.2) is 9.18 Å². The lowest BCUT2D eigenvalue weighted by atomic mass is 9.95. The summed E-state index contributed by atoms with van der Waals surface area (Å²) in [6.07, 6.45) is 1.10. The summed E-state index contributed by atoms with van der Waals surface area (Å²) in [5.41, 5.74) is -0.305. The van der Waals surface area contributed by atoms with Crippen LogP contribution >= 0.6 is 11.6 Å². The Morgan fingerprint density at radius 1 is 1.53 bits per heavy atom. The summed E-state index contributed by atoms with van der Waals surface area (Å²) in [5.74, 6) is -0.478. The molecule has 4 nitrogen and oxygen atoms in total. The fourth-order valence-electron chi connectivity index (χ4n) is 1.60. The third kappa shape index (κ3) is 4.69. The number of anilines is 1. The predicted molar refractivity (Wildman–Crippen MR) is 74.0 cm³/mol. The molecule has 0 aromatic heterocycles. The van der Waals surface area contributed by atoms with E-state index >= 15 is 0 Å². The minimum absolute atomic E-state index is 0.0225. The lowest BCUT2D eigenvalue weighted by molar-refractivity contribution is 0.208. The molecule has 6 heteroatoms. The normalized spacial score (nSPS) is 13.7. The maximum Gasteiger partial charge on any atom is 0.319 e. The van der Waals surface area contributed by atoms with E-state index in [1.54, 1.807) is 0 Å². The van der Waals surface area contributed by atoms with Gasteiger partial charge in [-0.2, -0.15) is 0 Å². The van der Waals surface area contributed by atoms with Crippen molar-refractivity contribution >= 4 is 23.3 Å². The molecule has 1 aromatic carbocycles. The molecule has 0 saturated carbocycles. The first kappa shape index (κ1) is 15.7. The van der Waals surface area contributed by atoms with Crippen molar-refractivity contribution < 1.29 is 14.3 Å². The van der Waals surface area contributed by atoms with Crippen molar-refractivity contribution in [1.29, 1.82) is 0 Å². The molecule has 0 fully saturated rings. The van der Waals surface area contributed by atoms with Crippen LogP contribution in [-0.4, -0.2) is 23.3 Å². The Morgan fingerprint density at radius 3 is 2.79 bits per heavy atom. The van der Waals surface area contributed by atoms with E-state index in [4.69, 9.17) is 16.7 Å². The second-order valence-electron chi connectivity index (χ2n) is 4.59. The van der Waals surface area contributed by atoms with E-state index in [0.29, 0.717) is 12.8 Å². The largest absolute Gasteiger partial charge is 0.396 e. The molecule has 0 saturated heterocycles. The number of hydrogen-bond acceptors (Lipinski definition) is 2. The number of halogens is 2. The van der Waals surface area contributed by atoms with Gasteiger partial charge in [0.15, 0.2) is 0 Å². The maximum atomic E-state index is 13.1. The van der Waals surface area contributed by atoms with E-state index < -0.39 is 17.4 Å². The number of urea groups is 1. The van der Waals surface area contributed by atoms with Gasteiger partial charge in [0.1, 0.15) is 5.82 Å². The van der Waals surface area contributed by atoms with E-state index in [1.165, 1.54) is 12.1 Å². The molecular formula is C13H18ClFN2O2. The van der Waals surface area contributed by atoms with Crippen molar-refractivity contribution in [1.82, 2.24) is 5.32 Å². The van der Waals surface area contributed by atoms with Gasteiger partial charge in [0, 0.05) is 12.1 Å². The standard InChI is InChI=1S/C13H18ClFN2O2/c1-3-13(2,6-7-18)17-12(19)16-11-8-9(15)4-5-10(11)14/h4-5,8,18H,3,6-7H2,1-2H3,(H2,16,17,19). The molecule has 1 aromatic rings. The molecule has 0 aliphatic heterocycles. The number of hydrogen-bond donors (Lipinski definition) is 3. The van der Waals surface area contributed by atoms with E-state index in [2.05, 4.69) is 10.6 Å². The molecule has 1 unspecified atom stereocenters. The molecule has 0 radical (unpaired) electrons. The Labute approximate surface area is 117 Å². The quantitative estimate of drug-likeness (QED) is 0.779. The van der Waals surface area contributed by atoms with Gasteiger partial charge in [0.05, 0.1) is 10.7 Å². The van der Waals surface area contributed by atoms with Crippen LogP contribution in [0.3, 0.4) is 0 Å². The molecule has 2 amide bonds. The number of amides is 2. The van der Waals surface area contributed by atoms with Crippen LogP contribution in [0.25, 0.3) is 0 Å². The Morgan fingerprint density at radius 2 is 2.21 bits per heavy atom. The summed E-state index contributed by atoms with van der Waals surface area (Å²) in [6, 6.07) is 3.26. The molecule has 0 heterocycles. The third-order valence-electron chi connectivity index (χ3n) is 3.04.